The lowest BCUT2D eigenvalue weighted by Crippen LogP contribution is -2.31. The minimum Gasteiger partial charge on any atom is -0.384 e. The van der Waals surface area contributed by atoms with E-state index < -0.39 is 5.60 Å². The lowest BCUT2D eigenvalue weighted by atomic mass is 9.93. The zero-order valence-corrected chi connectivity index (χ0v) is 9.99. The second-order valence-electron chi connectivity index (χ2n) is 4.51. The topological polar surface area (TPSA) is 51.2 Å². The summed E-state index contributed by atoms with van der Waals surface area (Å²) in [6.07, 6.45) is 0. The Morgan fingerprint density at radius 3 is 2.62 bits per heavy atom. The summed E-state index contributed by atoms with van der Waals surface area (Å²) in [5, 5.41) is 11.4. The molecule has 86 valence electrons. The van der Waals surface area contributed by atoms with Gasteiger partial charge in [-0.25, -0.2) is 0 Å². The van der Waals surface area contributed by atoms with E-state index in [1.807, 2.05) is 32.2 Å². The number of aromatic nitrogens is 1. The van der Waals surface area contributed by atoms with Gasteiger partial charge in [0.15, 0.2) is 0 Å². The fraction of sp³-hybridized carbons (Fsp3) is 0.385. The molecule has 0 saturated carbocycles. The standard InChI is InChI=1S/C13H18N2O/c1-9-12(13(2,16)8-14)10-6-4-5-7-11(10)15(9)3/h4-7,16H,8,14H2,1-3H3. The first-order chi connectivity index (χ1) is 7.49. The monoisotopic (exact) mass is 218 g/mol. The lowest BCUT2D eigenvalue weighted by Gasteiger charge is -2.22. The van der Waals surface area contributed by atoms with Crippen LogP contribution in [0.25, 0.3) is 10.9 Å². The Labute approximate surface area is 95.5 Å². The van der Waals surface area contributed by atoms with Gasteiger partial charge < -0.3 is 15.4 Å². The summed E-state index contributed by atoms with van der Waals surface area (Å²) < 4.78 is 2.09. The molecule has 0 spiro atoms. The third-order valence-corrected chi connectivity index (χ3v) is 3.34. The van der Waals surface area contributed by atoms with Crippen molar-refractivity contribution in [1.82, 2.24) is 4.57 Å². The molecule has 0 bridgehead atoms. The quantitative estimate of drug-likeness (QED) is 0.805. The molecule has 0 aliphatic carbocycles. The molecule has 0 aliphatic rings. The summed E-state index contributed by atoms with van der Waals surface area (Å²) in [6.45, 7) is 4.00. The Morgan fingerprint density at radius 1 is 1.38 bits per heavy atom. The molecule has 1 aromatic heterocycles. The minimum atomic E-state index is -0.967. The minimum absolute atomic E-state index is 0.224. The first-order valence-corrected chi connectivity index (χ1v) is 5.46. The highest BCUT2D eigenvalue weighted by atomic mass is 16.3. The van der Waals surface area contributed by atoms with E-state index in [1.54, 1.807) is 6.92 Å². The molecule has 0 radical (unpaired) electrons. The van der Waals surface area contributed by atoms with Gasteiger partial charge in [0, 0.05) is 35.8 Å². The molecular weight excluding hydrogens is 200 g/mol. The van der Waals surface area contributed by atoms with Crippen LogP contribution in [0.15, 0.2) is 24.3 Å². The molecule has 1 unspecified atom stereocenters. The van der Waals surface area contributed by atoms with Gasteiger partial charge in [0.25, 0.3) is 0 Å². The summed E-state index contributed by atoms with van der Waals surface area (Å²) in [6, 6.07) is 8.07. The van der Waals surface area contributed by atoms with Crippen molar-refractivity contribution in [2.75, 3.05) is 6.54 Å². The van der Waals surface area contributed by atoms with Gasteiger partial charge in [-0.3, -0.25) is 0 Å². The van der Waals surface area contributed by atoms with E-state index in [1.165, 1.54) is 0 Å². The van der Waals surface area contributed by atoms with E-state index >= 15 is 0 Å². The van der Waals surface area contributed by atoms with Crippen molar-refractivity contribution >= 4 is 10.9 Å². The maximum absolute atomic E-state index is 10.3. The van der Waals surface area contributed by atoms with Gasteiger partial charge in [-0.05, 0) is 19.9 Å². The van der Waals surface area contributed by atoms with Gasteiger partial charge in [0.1, 0.15) is 5.60 Å². The molecule has 3 nitrogen and oxygen atoms in total. The number of hydrogen-bond donors (Lipinski definition) is 2. The molecule has 0 saturated heterocycles. The highest BCUT2D eigenvalue weighted by Crippen LogP contribution is 2.32. The smallest absolute Gasteiger partial charge is 0.101 e. The number of para-hydroxylation sites is 1. The number of nitrogens with zero attached hydrogens (tertiary/aromatic N) is 1. The third-order valence-electron chi connectivity index (χ3n) is 3.34. The fourth-order valence-corrected chi connectivity index (χ4v) is 2.30. The van der Waals surface area contributed by atoms with Gasteiger partial charge in [-0.15, -0.1) is 0 Å². The number of rotatable bonds is 2. The SMILES string of the molecule is Cc1c(C(C)(O)CN)c2ccccc2n1C. The predicted molar refractivity (Wildman–Crippen MR) is 66.3 cm³/mol. The zero-order valence-electron chi connectivity index (χ0n) is 9.99. The molecule has 1 atom stereocenters. The van der Waals surface area contributed by atoms with E-state index in [-0.39, 0.29) is 6.54 Å². The van der Waals surface area contributed by atoms with Crippen molar-refractivity contribution < 1.29 is 5.11 Å². The summed E-state index contributed by atoms with van der Waals surface area (Å²) in [5.41, 5.74) is 7.81. The van der Waals surface area contributed by atoms with Gasteiger partial charge in [0.2, 0.25) is 0 Å². The van der Waals surface area contributed by atoms with Crippen LogP contribution in [0.4, 0.5) is 0 Å². The van der Waals surface area contributed by atoms with E-state index in [2.05, 4.69) is 10.6 Å². The number of aliphatic hydroxyl groups is 1. The van der Waals surface area contributed by atoms with Crippen LogP contribution in [0, 0.1) is 6.92 Å². The Hall–Kier alpha value is -1.32. The first-order valence-electron chi connectivity index (χ1n) is 5.46. The number of aryl methyl sites for hydroxylation is 1. The third kappa shape index (κ3) is 1.44. The average molecular weight is 218 g/mol. The van der Waals surface area contributed by atoms with Crippen LogP contribution in [0.1, 0.15) is 18.2 Å². The number of fused-ring (bicyclic) bond motifs is 1. The molecule has 2 aromatic rings. The molecule has 0 amide bonds. The molecule has 16 heavy (non-hydrogen) atoms. The normalized spacial score (nSPS) is 15.3. The van der Waals surface area contributed by atoms with Crippen molar-refractivity contribution in [2.45, 2.75) is 19.4 Å². The van der Waals surface area contributed by atoms with E-state index in [9.17, 15) is 5.11 Å². The second kappa shape index (κ2) is 3.61. The Morgan fingerprint density at radius 2 is 2.00 bits per heavy atom. The van der Waals surface area contributed by atoms with Gasteiger partial charge in [-0.2, -0.15) is 0 Å². The van der Waals surface area contributed by atoms with Crippen molar-refractivity contribution in [2.24, 2.45) is 12.8 Å². The summed E-state index contributed by atoms with van der Waals surface area (Å²) in [4.78, 5) is 0. The van der Waals surface area contributed by atoms with Gasteiger partial charge in [-0.1, -0.05) is 18.2 Å². The highest BCUT2D eigenvalue weighted by molar-refractivity contribution is 5.86. The van der Waals surface area contributed by atoms with Crippen LogP contribution in [0.2, 0.25) is 0 Å². The molecular formula is C13H18N2O. The molecule has 1 heterocycles. The van der Waals surface area contributed by atoms with E-state index in [0.717, 1.165) is 22.2 Å². The van der Waals surface area contributed by atoms with Crippen molar-refractivity contribution in [3.8, 4) is 0 Å². The van der Waals surface area contributed by atoms with Gasteiger partial charge >= 0.3 is 0 Å². The average Bonchev–Trinajstić information content (AvgIpc) is 2.53. The zero-order chi connectivity index (χ0) is 11.9. The summed E-state index contributed by atoms with van der Waals surface area (Å²) in [7, 11) is 2.01. The van der Waals surface area contributed by atoms with E-state index in [4.69, 9.17) is 5.73 Å². The maximum Gasteiger partial charge on any atom is 0.101 e. The van der Waals surface area contributed by atoms with Crippen LogP contribution in [0.3, 0.4) is 0 Å². The van der Waals surface area contributed by atoms with Crippen molar-refractivity contribution in [3.05, 3.63) is 35.5 Å². The summed E-state index contributed by atoms with van der Waals surface area (Å²) >= 11 is 0. The molecule has 3 heteroatoms. The lowest BCUT2D eigenvalue weighted by molar-refractivity contribution is 0.0675. The van der Waals surface area contributed by atoms with Crippen LogP contribution >= 0.6 is 0 Å². The second-order valence-corrected chi connectivity index (χ2v) is 4.51. The highest BCUT2D eigenvalue weighted by Gasteiger charge is 2.28. The number of nitrogens with two attached hydrogens (primary N) is 1. The first kappa shape index (κ1) is 11.2. The number of benzene rings is 1. The predicted octanol–water partition coefficient (Wildman–Crippen LogP) is 1.65. The largest absolute Gasteiger partial charge is 0.384 e. The maximum atomic E-state index is 10.3. The van der Waals surface area contributed by atoms with Crippen LogP contribution < -0.4 is 5.73 Å². The molecule has 0 aliphatic heterocycles. The Balaban J connectivity index is 2.84. The number of hydrogen-bond acceptors (Lipinski definition) is 2. The van der Waals surface area contributed by atoms with Crippen LogP contribution in [0.5, 0.6) is 0 Å². The fourth-order valence-electron chi connectivity index (χ4n) is 2.30. The van der Waals surface area contributed by atoms with Crippen molar-refractivity contribution in [3.63, 3.8) is 0 Å². The van der Waals surface area contributed by atoms with Crippen LogP contribution in [-0.2, 0) is 12.6 Å². The molecule has 2 rings (SSSR count). The summed E-state index contributed by atoms with van der Waals surface area (Å²) in [5.74, 6) is 0. The molecule has 3 N–H and O–H groups in total. The Bertz CT molecular complexity index is 526. The molecule has 1 aromatic carbocycles. The Kier molecular flexibility index (Phi) is 2.52. The van der Waals surface area contributed by atoms with E-state index in [0.29, 0.717) is 0 Å². The molecule has 0 fully saturated rings. The van der Waals surface area contributed by atoms with Crippen molar-refractivity contribution in [1.29, 1.82) is 0 Å². The van der Waals surface area contributed by atoms with Crippen LogP contribution in [-0.4, -0.2) is 16.2 Å². The van der Waals surface area contributed by atoms with Gasteiger partial charge in [0.05, 0.1) is 0 Å².